The summed E-state index contributed by atoms with van der Waals surface area (Å²) in [6, 6.07) is 1.62. The molecule has 0 aliphatic heterocycles. The Bertz CT molecular complexity index is 1030. The molecule has 1 atom stereocenters. The number of hydrogen-bond donors (Lipinski definition) is 4. The Kier molecular flexibility index (Phi) is 7.40. The second-order valence-corrected chi connectivity index (χ2v) is 6.83. The Balaban J connectivity index is 2.18. The van der Waals surface area contributed by atoms with Crippen LogP contribution in [0, 0.1) is 13.8 Å². The number of methoxy groups -OCH3 is 1. The molecule has 0 aliphatic rings. The van der Waals surface area contributed by atoms with Gasteiger partial charge in [0.2, 0.25) is 5.91 Å². The number of fused-ring (bicyclic) bond motifs is 1. The highest BCUT2D eigenvalue weighted by Crippen LogP contribution is 2.29. The van der Waals surface area contributed by atoms with Crippen LogP contribution in [-0.2, 0) is 16.0 Å². The number of urea groups is 1. The largest absolute Gasteiger partial charge is 0.496 e. The molecule has 162 valence electrons. The first kappa shape index (κ1) is 22.7. The summed E-state index contributed by atoms with van der Waals surface area (Å²) >= 11 is 0. The van der Waals surface area contributed by atoms with Crippen molar-refractivity contribution in [3.05, 3.63) is 39.2 Å². The Morgan fingerprint density at radius 2 is 1.93 bits per heavy atom. The van der Waals surface area contributed by atoms with E-state index in [0.29, 0.717) is 34.3 Å². The highest BCUT2D eigenvalue weighted by molar-refractivity contribution is 5.88. The van der Waals surface area contributed by atoms with Gasteiger partial charge >= 0.3 is 17.6 Å². The molecule has 1 aromatic carbocycles. The quantitative estimate of drug-likeness (QED) is 0.348. The average molecular weight is 419 g/mol. The standard InChI is InChI=1S/C20H25N3O7/c1-10-12-6-7-15(29-3)11(2)17(12)30-19(27)13(10)9-16(24)23-14(18(25)26)5-4-8-22-20(21)28/h6-7,14H,4-5,8-9H2,1-3H3,(H,23,24)(H,25,26)(H3,21,22,28). The fraction of sp³-hybridized carbons (Fsp3) is 0.400. The molecule has 30 heavy (non-hydrogen) atoms. The average Bonchev–Trinajstić information content (AvgIpc) is 2.68. The van der Waals surface area contributed by atoms with Crippen LogP contribution < -0.4 is 26.7 Å². The number of aryl methyl sites for hydroxylation is 2. The van der Waals surface area contributed by atoms with E-state index in [0.717, 1.165) is 0 Å². The number of nitrogens with two attached hydrogens (primary N) is 1. The molecule has 0 bridgehead atoms. The lowest BCUT2D eigenvalue weighted by Crippen LogP contribution is -2.42. The monoisotopic (exact) mass is 419 g/mol. The lowest BCUT2D eigenvalue weighted by molar-refractivity contribution is -0.141. The van der Waals surface area contributed by atoms with E-state index in [-0.39, 0.29) is 24.9 Å². The van der Waals surface area contributed by atoms with Crippen molar-refractivity contribution in [1.29, 1.82) is 0 Å². The Morgan fingerprint density at radius 3 is 2.53 bits per heavy atom. The van der Waals surface area contributed by atoms with Crippen molar-refractivity contribution in [1.82, 2.24) is 10.6 Å². The number of primary amides is 1. The van der Waals surface area contributed by atoms with Gasteiger partial charge in [-0.25, -0.2) is 14.4 Å². The predicted octanol–water partition coefficient (Wildman–Crippen LogP) is 0.979. The van der Waals surface area contributed by atoms with E-state index in [1.807, 2.05) is 0 Å². The summed E-state index contributed by atoms with van der Waals surface area (Å²) in [7, 11) is 1.51. The van der Waals surface area contributed by atoms with Crippen LogP contribution in [0.4, 0.5) is 4.79 Å². The summed E-state index contributed by atoms with van der Waals surface area (Å²) in [5.74, 6) is -1.26. The molecule has 2 aromatic rings. The van der Waals surface area contributed by atoms with Gasteiger partial charge in [-0.05, 0) is 44.4 Å². The third kappa shape index (κ3) is 5.28. The third-order valence-electron chi connectivity index (χ3n) is 4.81. The third-order valence-corrected chi connectivity index (χ3v) is 4.81. The first-order valence-corrected chi connectivity index (χ1v) is 9.31. The number of amides is 3. The number of hydrogen-bond acceptors (Lipinski definition) is 6. The summed E-state index contributed by atoms with van der Waals surface area (Å²) in [6.45, 7) is 3.66. The van der Waals surface area contributed by atoms with Crippen LogP contribution in [0.15, 0.2) is 21.3 Å². The summed E-state index contributed by atoms with van der Waals surface area (Å²) < 4.78 is 10.7. The fourth-order valence-corrected chi connectivity index (χ4v) is 3.18. The second kappa shape index (κ2) is 9.77. The molecule has 1 aromatic heterocycles. The molecule has 2 rings (SSSR count). The van der Waals surface area contributed by atoms with Gasteiger partial charge in [0.05, 0.1) is 19.1 Å². The number of carbonyl (C=O) groups is 3. The van der Waals surface area contributed by atoms with E-state index >= 15 is 0 Å². The van der Waals surface area contributed by atoms with Crippen LogP contribution in [0.3, 0.4) is 0 Å². The minimum Gasteiger partial charge on any atom is -0.496 e. The first-order chi connectivity index (χ1) is 14.1. The number of benzene rings is 1. The van der Waals surface area contributed by atoms with Gasteiger partial charge in [0.1, 0.15) is 17.4 Å². The van der Waals surface area contributed by atoms with Gasteiger partial charge in [-0.3, -0.25) is 4.79 Å². The fourth-order valence-electron chi connectivity index (χ4n) is 3.18. The van der Waals surface area contributed by atoms with Crippen LogP contribution in [0.5, 0.6) is 5.75 Å². The number of carboxylic acids is 1. The Hall–Kier alpha value is -3.56. The van der Waals surface area contributed by atoms with Crippen LogP contribution in [-0.4, -0.2) is 42.7 Å². The van der Waals surface area contributed by atoms with Crippen molar-refractivity contribution in [2.75, 3.05) is 13.7 Å². The molecule has 0 fully saturated rings. The predicted molar refractivity (Wildman–Crippen MR) is 109 cm³/mol. The lowest BCUT2D eigenvalue weighted by Gasteiger charge is -2.15. The van der Waals surface area contributed by atoms with E-state index in [9.17, 15) is 24.3 Å². The number of carbonyl (C=O) groups excluding carboxylic acids is 2. The molecule has 3 amide bonds. The van der Waals surface area contributed by atoms with E-state index in [4.69, 9.17) is 14.9 Å². The second-order valence-electron chi connectivity index (χ2n) is 6.83. The van der Waals surface area contributed by atoms with Crippen molar-refractivity contribution in [2.24, 2.45) is 5.73 Å². The van der Waals surface area contributed by atoms with Gasteiger partial charge in [-0.2, -0.15) is 0 Å². The van der Waals surface area contributed by atoms with Crippen molar-refractivity contribution in [3.8, 4) is 5.75 Å². The van der Waals surface area contributed by atoms with Crippen molar-refractivity contribution < 1.29 is 28.6 Å². The number of aliphatic carboxylic acids is 1. The molecule has 0 saturated heterocycles. The summed E-state index contributed by atoms with van der Waals surface area (Å²) in [4.78, 5) is 46.9. The van der Waals surface area contributed by atoms with Gasteiger partial charge in [0.15, 0.2) is 0 Å². The van der Waals surface area contributed by atoms with Crippen molar-refractivity contribution in [2.45, 2.75) is 39.2 Å². The van der Waals surface area contributed by atoms with Gasteiger partial charge in [0, 0.05) is 17.5 Å². The Morgan fingerprint density at radius 1 is 1.23 bits per heavy atom. The van der Waals surface area contributed by atoms with Gasteiger partial charge in [-0.15, -0.1) is 0 Å². The summed E-state index contributed by atoms with van der Waals surface area (Å²) in [6.07, 6.45) is 0.0720. The number of carboxylic acid groups (broad SMARTS) is 1. The molecule has 0 spiro atoms. The topological polar surface area (TPSA) is 161 Å². The zero-order valence-electron chi connectivity index (χ0n) is 17.0. The highest BCUT2D eigenvalue weighted by atomic mass is 16.5. The van der Waals surface area contributed by atoms with E-state index in [1.165, 1.54) is 7.11 Å². The van der Waals surface area contributed by atoms with E-state index in [1.54, 1.807) is 26.0 Å². The maximum absolute atomic E-state index is 12.5. The normalized spacial score (nSPS) is 11.7. The molecule has 0 aliphatic carbocycles. The van der Waals surface area contributed by atoms with Crippen LogP contribution in [0.1, 0.15) is 29.5 Å². The Labute approximate surface area is 172 Å². The molecule has 10 heteroatoms. The highest BCUT2D eigenvalue weighted by Gasteiger charge is 2.22. The van der Waals surface area contributed by atoms with E-state index < -0.39 is 29.6 Å². The first-order valence-electron chi connectivity index (χ1n) is 9.31. The van der Waals surface area contributed by atoms with E-state index in [2.05, 4.69) is 10.6 Å². The SMILES string of the molecule is COc1ccc2c(C)c(CC(=O)NC(CCCNC(N)=O)C(=O)O)c(=O)oc2c1C. The minimum atomic E-state index is -1.22. The molecule has 1 unspecified atom stereocenters. The maximum Gasteiger partial charge on any atom is 0.340 e. The van der Waals surface area contributed by atoms with Crippen molar-refractivity contribution >= 4 is 28.9 Å². The number of nitrogens with one attached hydrogen (secondary N) is 2. The molecule has 0 saturated carbocycles. The molecule has 5 N–H and O–H groups in total. The zero-order valence-corrected chi connectivity index (χ0v) is 17.0. The van der Waals surface area contributed by atoms with Crippen LogP contribution in [0.2, 0.25) is 0 Å². The lowest BCUT2D eigenvalue weighted by atomic mass is 10.0. The van der Waals surface area contributed by atoms with Gasteiger partial charge in [-0.1, -0.05) is 0 Å². The summed E-state index contributed by atoms with van der Waals surface area (Å²) in [5, 5.41) is 14.7. The zero-order chi connectivity index (χ0) is 22.4. The van der Waals surface area contributed by atoms with Crippen molar-refractivity contribution in [3.63, 3.8) is 0 Å². The van der Waals surface area contributed by atoms with Gasteiger partial charge in [0.25, 0.3) is 0 Å². The molecular weight excluding hydrogens is 394 g/mol. The molecular formula is C20H25N3O7. The smallest absolute Gasteiger partial charge is 0.340 e. The number of rotatable bonds is 9. The number of ether oxygens (including phenoxy) is 1. The summed E-state index contributed by atoms with van der Waals surface area (Å²) in [5.41, 5.74) is 6.07. The van der Waals surface area contributed by atoms with Crippen LogP contribution >= 0.6 is 0 Å². The molecule has 10 nitrogen and oxygen atoms in total. The maximum atomic E-state index is 12.5. The molecule has 1 heterocycles. The molecule has 0 radical (unpaired) electrons. The van der Waals surface area contributed by atoms with Crippen LogP contribution in [0.25, 0.3) is 11.0 Å². The minimum absolute atomic E-state index is 0.0889. The van der Waals surface area contributed by atoms with Gasteiger partial charge < -0.3 is 30.6 Å².